The Morgan fingerprint density at radius 1 is 0.971 bits per heavy atom. The third kappa shape index (κ3) is 8.58. The Morgan fingerprint density at radius 3 is 1.94 bits per heavy atom. The molecule has 182 valence electrons. The maximum absolute atomic E-state index is 13.4. The lowest BCUT2D eigenvalue weighted by molar-refractivity contribution is -0.127. The molecule has 2 aromatic carbocycles. The van der Waals surface area contributed by atoms with Gasteiger partial charge in [-0.1, -0.05) is 45.2 Å². The molecule has 2 unspecified atom stereocenters. The fourth-order valence-electron chi connectivity index (χ4n) is 2.44. The molecule has 0 saturated heterocycles. The molecule has 0 aliphatic carbocycles. The highest BCUT2D eigenvalue weighted by atomic mass is 79.9. The minimum atomic E-state index is -0.909. The van der Waals surface area contributed by atoms with Gasteiger partial charge in [0.05, 0.1) is 27.5 Å². The largest absolute Gasteiger partial charge is 0.484 e. The summed E-state index contributed by atoms with van der Waals surface area (Å²) < 4.78 is 37.2. The summed E-state index contributed by atoms with van der Waals surface area (Å²) in [5.41, 5.74) is 0. The lowest BCUT2D eigenvalue weighted by Gasteiger charge is -2.20. The Bertz CT molecular complexity index is 1070. The number of nitrogens with one attached hydrogen (secondary N) is 2. The molecule has 2 aromatic rings. The Balaban J connectivity index is 1.77. The van der Waals surface area contributed by atoms with E-state index in [1.165, 1.54) is 30.3 Å². The standard InChI is InChI=1S/C22H19BrCl2F2N2O5/c1-2-18(29-21(32)11-34-13-4-6-15(25)17(27)8-13)22(23)19(30)9-28-20(31)10-33-12-3-5-14(24)16(26)7-12/h2-8,18,22H,1,9-11H2,(H,28,31)(H,29,32). The second-order valence-electron chi connectivity index (χ2n) is 6.70. The first-order valence-electron chi connectivity index (χ1n) is 9.61. The van der Waals surface area contributed by atoms with Crippen molar-refractivity contribution in [1.82, 2.24) is 10.6 Å². The van der Waals surface area contributed by atoms with Gasteiger partial charge in [-0.05, 0) is 24.3 Å². The topological polar surface area (TPSA) is 93.7 Å². The highest BCUT2D eigenvalue weighted by molar-refractivity contribution is 9.10. The summed E-state index contributed by atoms with van der Waals surface area (Å²) in [7, 11) is 0. The molecule has 0 fully saturated rings. The highest BCUT2D eigenvalue weighted by Crippen LogP contribution is 2.21. The van der Waals surface area contributed by atoms with Gasteiger partial charge in [-0.3, -0.25) is 14.4 Å². The molecular weight excluding hydrogens is 561 g/mol. The number of amides is 2. The summed E-state index contributed by atoms with van der Waals surface area (Å²) in [5.74, 6) is -2.86. The number of alkyl halides is 1. The number of halogens is 5. The minimum Gasteiger partial charge on any atom is -0.484 e. The van der Waals surface area contributed by atoms with Crippen molar-refractivity contribution in [3.63, 3.8) is 0 Å². The van der Waals surface area contributed by atoms with Gasteiger partial charge in [-0.25, -0.2) is 8.78 Å². The van der Waals surface area contributed by atoms with Crippen LogP contribution in [0.1, 0.15) is 0 Å². The van der Waals surface area contributed by atoms with Crippen LogP contribution in [0.25, 0.3) is 0 Å². The van der Waals surface area contributed by atoms with Crippen molar-refractivity contribution in [2.75, 3.05) is 19.8 Å². The third-order valence-corrected chi connectivity index (χ3v) is 5.88. The van der Waals surface area contributed by atoms with Gasteiger partial charge in [0.25, 0.3) is 11.8 Å². The van der Waals surface area contributed by atoms with Crippen molar-refractivity contribution in [2.45, 2.75) is 10.9 Å². The average Bonchev–Trinajstić information content (AvgIpc) is 2.81. The van der Waals surface area contributed by atoms with Crippen molar-refractivity contribution >= 4 is 56.7 Å². The summed E-state index contributed by atoms with van der Waals surface area (Å²) in [6.07, 6.45) is 1.33. The second kappa shape index (κ2) is 13.3. The fraction of sp³-hybridized carbons (Fsp3) is 0.227. The number of hydrogen-bond acceptors (Lipinski definition) is 5. The highest BCUT2D eigenvalue weighted by Gasteiger charge is 2.25. The van der Waals surface area contributed by atoms with E-state index in [1.807, 2.05) is 0 Å². The quantitative estimate of drug-likeness (QED) is 0.294. The normalized spacial score (nSPS) is 12.3. The van der Waals surface area contributed by atoms with E-state index < -0.39 is 53.3 Å². The zero-order chi connectivity index (χ0) is 25.3. The molecule has 2 atom stereocenters. The van der Waals surface area contributed by atoms with Gasteiger partial charge in [0.2, 0.25) is 0 Å². The Kier molecular flexibility index (Phi) is 10.7. The van der Waals surface area contributed by atoms with Gasteiger partial charge in [0.15, 0.2) is 19.0 Å². The molecule has 0 aliphatic heterocycles. The van der Waals surface area contributed by atoms with Gasteiger partial charge in [0.1, 0.15) is 23.1 Å². The smallest absolute Gasteiger partial charge is 0.258 e. The fourth-order valence-corrected chi connectivity index (χ4v) is 3.19. The van der Waals surface area contributed by atoms with Crippen LogP contribution in [0.15, 0.2) is 49.1 Å². The monoisotopic (exact) mass is 578 g/mol. The Hall–Kier alpha value is -2.69. The summed E-state index contributed by atoms with van der Waals surface area (Å²) in [6, 6.07) is 6.60. The summed E-state index contributed by atoms with van der Waals surface area (Å²) >= 11 is 14.3. The van der Waals surface area contributed by atoms with Gasteiger partial charge < -0.3 is 20.1 Å². The molecule has 2 amide bonds. The molecule has 0 heterocycles. The van der Waals surface area contributed by atoms with Gasteiger partial charge in [-0.15, -0.1) is 6.58 Å². The molecule has 0 radical (unpaired) electrons. The first kappa shape index (κ1) is 27.6. The van der Waals surface area contributed by atoms with Crippen molar-refractivity contribution in [1.29, 1.82) is 0 Å². The molecular formula is C22H19BrCl2F2N2O5. The third-order valence-electron chi connectivity index (χ3n) is 4.19. The Morgan fingerprint density at radius 2 is 1.47 bits per heavy atom. The van der Waals surface area contributed by atoms with E-state index >= 15 is 0 Å². The number of rotatable bonds is 12. The molecule has 0 spiro atoms. The number of carbonyl (C=O) groups excluding carboxylic acids is 3. The minimum absolute atomic E-state index is 0.0818. The molecule has 0 aromatic heterocycles. The van der Waals surface area contributed by atoms with E-state index in [1.54, 1.807) is 0 Å². The number of hydrogen-bond donors (Lipinski definition) is 2. The van der Waals surface area contributed by atoms with Gasteiger partial charge >= 0.3 is 0 Å². The average molecular weight is 580 g/mol. The van der Waals surface area contributed by atoms with Crippen LogP contribution in [0.3, 0.4) is 0 Å². The number of Topliss-reactive ketones (excluding diaryl/α,β-unsaturated/α-hetero) is 1. The maximum atomic E-state index is 13.4. The van der Waals surface area contributed by atoms with Crippen LogP contribution in [0.5, 0.6) is 11.5 Å². The van der Waals surface area contributed by atoms with Crippen LogP contribution in [0, 0.1) is 11.6 Å². The Labute approximate surface area is 212 Å². The number of ether oxygens (including phenoxy) is 2. The second-order valence-corrected chi connectivity index (χ2v) is 8.50. The predicted octanol–water partition coefficient (Wildman–Crippen LogP) is 3.85. The van der Waals surface area contributed by atoms with Crippen LogP contribution in [-0.4, -0.2) is 48.2 Å². The molecule has 2 rings (SSSR count). The summed E-state index contributed by atoms with van der Waals surface area (Å²) in [4.78, 5) is 35.5. The maximum Gasteiger partial charge on any atom is 0.258 e. The number of ketones is 1. The molecule has 2 N–H and O–H groups in total. The number of benzene rings is 2. The molecule has 7 nitrogen and oxygen atoms in total. The zero-order valence-corrected chi connectivity index (χ0v) is 20.6. The lowest BCUT2D eigenvalue weighted by atomic mass is 10.1. The van der Waals surface area contributed by atoms with E-state index in [9.17, 15) is 23.2 Å². The zero-order valence-electron chi connectivity index (χ0n) is 17.5. The SMILES string of the molecule is C=CC(NC(=O)COc1ccc(Cl)c(F)c1)C(Br)C(=O)CNC(=O)COc1ccc(Cl)c(F)c1. The van der Waals surface area contributed by atoms with E-state index in [4.69, 9.17) is 32.7 Å². The molecule has 12 heteroatoms. The van der Waals surface area contributed by atoms with Crippen LogP contribution in [0.2, 0.25) is 10.0 Å². The van der Waals surface area contributed by atoms with Gasteiger partial charge in [-0.2, -0.15) is 0 Å². The molecule has 34 heavy (non-hydrogen) atoms. The molecule has 0 bridgehead atoms. The molecule has 0 saturated carbocycles. The summed E-state index contributed by atoms with van der Waals surface area (Å²) in [6.45, 7) is 2.31. The lowest BCUT2D eigenvalue weighted by Crippen LogP contribution is -2.47. The van der Waals surface area contributed by atoms with Crippen molar-refractivity contribution in [3.8, 4) is 11.5 Å². The predicted molar refractivity (Wildman–Crippen MR) is 127 cm³/mol. The van der Waals surface area contributed by atoms with Gasteiger partial charge in [0, 0.05) is 12.1 Å². The van der Waals surface area contributed by atoms with Crippen LogP contribution < -0.4 is 20.1 Å². The van der Waals surface area contributed by atoms with E-state index in [-0.39, 0.29) is 28.1 Å². The van der Waals surface area contributed by atoms with E-state index in [0.717, 1.165) is 12.1 Å². The van der Waals surface area contributed by atoms with E-state index in [0.29, 0.717) is 0 Å². The first-order valence-corrected chi connectivity index (χ1v) is 11.3. The van der Waals surface area contributed by atoms with Crippen molar-refractivity contribution in [2.24, 2.45) is 0 Å². The van der Waals surface area contributed by atoms with Crippen molar-refractivity contribution in [3.05, 3.63) is 70.7 Å². The van der Waals surface area contributed by atoms with Crippen molar-refractivity contribution < 1.29 is 32.6 Å². The number of carbonyl (C=O) groups is 3. The van der Waals surface area contributed by atoms with Crippen LogP contribution >= 0.6 is 39.1 Å². The van der Waals surface area contributed by atoms with Crippen LogP contribution in [-0.2, 0) is 14.4 Å². The van der Waals surface area contributed by atoms with Crippen LogP contribution in [0.4, 0.5) is 8.78 Å². The first-order chi connectivity index (χ1) is 16.1. The summed E-state index contributed by atoms with van der Waals surface area (Å²) in [5, 5.41) is 4.74. The molecule has 0 aliphatic rings. The van der Waals surface area contributed by atoms with E-state index in [2.05, 4.69) is 33.1 Å².